The number of hydrogen-bond donors (Lipinski definition) is 1. The molecule has 0 aliphatic carbocycles. The molecule has 0 radical (unpaired) electrons. The molecule has 1 aromatic heterocycles. The number of anilines is 1. The van der Waals surface area contributed by atoms with Crippen LogP contribution in [0.5, 0.6) is 0 Å². The molecular weight excluding hydrogens is 406 g/mol. The van der Waals surface area contributed by atoms with Crippen molar-refractivity contribution in [3.05, 3.63) is 18.5 Å². The number of hydrogen-bond acceptors (Lipinski definition) is 7. The summed E-state index contributed by atoms with van der Waals surface area (Å²) in [6.45, 7) is 5.91. The summed E-state index contributed by atoms with van der Waals surface area (Å²) in [4.78, 5) is 25.4. The first-order chi connectivity index (χ1) is 14.2. The topological polar surface area (TPSA) is 105 Å². The fourth-order valence-electron chi connectivity index (χ4n) is 4.49. The summed E-state index contributed by atoms with van der Waals surface area (Å²) in [5.41, 5.74) is 0. The summed E-state index contributed by atoms with van der Waals surface area (Å²) < 4.78 is 32.1. The summed E-state index contributed by atoms with van der Waals surface area (Å²) in [5, 5.41) is 0. The van der Waals surface area contributed by atoms with Gasteiger partial charge in [0, 0.05) is 38.1 Å². The van der Waals surface area contributed by atoms with Crippen LogP contribution < -0.4 is 9.62 Å². The molecule has 0 saturated carbocycles. The van der Waals surface area contributed by atoms with Crippen LogP contribution in [-0.2, 0) is 14.8 Å². The number of rotatable bonds is 6. The maximum Gasteiger partial charge on any atom is 0.410 e. The van der Waals surface area contributed by atoms with Crippen molar-refractivity contribution in [3.8, 4) is 0 Å². The second-order valence-electron chi connectivity index (χ2n) is 8.57. The van der Waals surface area contributed by atoms with Gasteiger partial charge in [-0.2, -0.15) is 0 Å². The Morgan fingerprint density at radius 3 is 2.60 bits per heavy atom. The fraction of sp³-hybridized carbons (Fsp3) is 0.750. The Hall–Kier alpha value is -1.94. The van der Waals surface area contributed by atoms with Gasteiger partial charge in [-0.25, -0.2) is 27.9 Å². The zero-order valence-electron chi connectivity index (χ0n) is 18.0. The largest absolute Gasteiger partial charge is 0.447 e. The van der Waals surface area contributed by atoms with E-state index in [2.05, 4.69) is 19.6 Å². The van der Waals surface area contributed by atoms with Crippen LogP contribution >= 0.6 is 0 Å². The number of nitrogens with zero attached hydrogens (tertiary/aromatic N) is 4. The van der Waals surface area contributed by atoms with Gasteiger partial charge in [0.05, 0.1) is 18.4 Å². The van der Waals surface area contributed by atoms with E-state index >= 15 is 0 Å². The van der Waals surface area contributed by atoms with Gasteiger partial charge in [-0.05, 0) is 57.9 Å². The maximum absolute atomic E-state index is 12.8. The van der Waals surface area contributed by atoms with Crippen molar-refractivity contribution in [2.75, 3.05) is 30.8 Å². The first kappa shape index (κ1) is 22.7. The number of sulfonamides is 1. The first-order valence-corrected chi connectivity index (χ1v) is 12.6. The molecule has 3 atom stereocenters. The standard InChI is InChI=1S/C20H33N5O4S/c1-15(2)29-20(26)25-12-5-8-17(23-30(3,27)28)18(25)13-16-7-4-11-24(14-16)19-21-9-6-10-22-19/h6,9-10,15-18,23H,4-5,7-8,11-14H2,1-3H3/t16?,17-,18-/m0/s1. The van der Waals surface area contributed by atoms with Gasteiger partial charge in [0.25, 0.3) is 0 Å². The minimum absolute atomic E-state index is 0.221. The second-order valence-corrected chi connectivity index (χ2v) is 10.4. The molecule has 30 heavy (non-hydrogen) atoms. The molecule has 0 bridgehead atoms. The molecule has 0 spiro atoms. The third-order valence-electron chi connectivity index (χ3n) is 5.64. The number of nitrogens with one attached hydrogen (secondary N) is 1. The van der Waals surface area contributed by atoms with E-state index in [0.717, 1.165) is 32.4 Å². The van der Waals surface area contributed by atoms with Crippen LogP contribution in [0.4, 0.5) is 10.7 Å². The molecule has 2 aliphatic heterocycles. The predicted octanol–water partition coefficient (Wildman–Crippen LogP) is 2.01. The molecule has 1 aromatic rings. The Bertz CT molecular complexity index is 805. The predicted molar refractivity (Wildman–Crippen MR) is 115 cm³/mol. The molecule has 0 aromatic carbocycles. The summed E-state index contributed by atoms with van der Waals surface area (Å²) in [6.07, 6.45) is 8.26. The lowest BCUT2D eigenvalue weighted by atomic mass is 9.85. The minimum Gasteiger partial charge on any atom is -0.447 e. The van der Waals surface area contributed by atoms with E-state index in [0.29, 0.717) is 31.3 Å². The van der Waals surface area contributed by atoms with Crippen LogP contribution in [0.1, 0.15) is 46.0 Å². The Labute approximate surface area is 179 Å². The van der Waals surface area contributed by atoms with E-state index in [1.54, 1.807) is 23.4 Å². The molecule has 168 valence electrons. The fourth-order valence-corrected chi connectivity index (χ4v) is 5.32. The third kappa shape index (κ3) is 6.28. The molecule has 3 heterocycles. The van der Waals surface area contributed by atoms with Crippen molar-refractivity contribution in [2.45, 2.75) is 64.1 Å². The maximum atomic E-state index is 12.8. The van der Waals surface area contributed by atoms with Crippen LogP contribution in [0.2, 0.25) is 0 Å². The molecule has 2 fully saturated rings. The molecule has 3 rings (SSSR count). The highest BCUT2D eigenvalue weighted by atomic mass is 32.2. The molecule has 1 unspecified atom stereocenters. The number of piperidine rings is 2. The Kier molecular flexibility index (Phi) is 7.51. The molecular formula is C20H33N5O4S. The molecule has 2 saturated heterocycles. The third-order valence-corrected chi connectivity index (χ3v) is 6.38. The van der Waals surface area contributed by atoms with Crippen molar-refractivity contribution < 1.29 is 17.9 Å². The summed E-state index contributed by atoms with van der Waals surface area (Å²) in [7, 11) is -3.38. The van der Waals surface area contributed by atoms with Crippen molar-refractivity contribution in [2.24, 2.45) is 5.92 Å². The van der Waals surface area contributed by atoms with E-state index in [-0.39, 0.29) is 24.3 Å². The Morgan fingerprint density at radius 1 is 1.23 bits per heavy atom. The van der Waals surface area contributed by atoms with E-state index in [9.17, 15) is 13.2 Å². The number of ether oxygens (including phenoxy) is 1. The summed E-state index contributed by atoms with van der Waals surface area (Å²) in [6, 6.07) is 1.25. The van der Waals surface area contributed by atoms with E-state index in [1.807, 2.05) is 13.8 Å². The van der Waals surface area contributed by atoms with E-state index in [1.165, 1.54) is 6.26 Å². The highest BCUT2D eigenvalue weighted by Crippen LogP contribution is 2.30. The molecule has 1 N–H and O–H groups in total. The van der Waals surface area contributed by atoms with Crippen LogP contribution in [0.25, 0.3) is 0 Å². The molecule has 1 amide bonds. The molecule has 10 heteroatoms. The number of aromatic nitrogens is 2. The van der Waals surface area contributed by atoms with Gasteiger partial charge in [-0.15, -0.1) is 0 Å². The lowest BCUT2D eigenvalue weighted by Crippen LogP contribution is -2.58. The minimum atomic E-state index is -3.38. The van der Waals surface area contributed by atoms with Crippen molar-refractivity contribution in [3.63, 3.8) is 0 Å². The zero-order chi connectivity index (χ0) is 21.7. The average molecular weight is 440 g/mol. The average Bonchev–Trinajstić information content (AvgIpc) is 2.68. The number of likely N-dealkylation sites (tertiary alicyclic amines) is 1. The number of amides is 1. The quantitative estimate of drug-likeness (QED) is 0.723. The molecule has 2 aliphatic rings. The van der Waals surface area contributed by atoms with Gasteiger partial charge in [0.15, 0.2) is 0 Å². The lowest BCUT2D eigenvalue weighted by Gasteiger charge is -2.43. The SMILES string of the molecule is CC(C)OC(=O)N1CCC[C@H](NS(C)(=O)=O)[C@@H]1CC1CCCN(c2ncccn2)C1. The Morgan fingerprint density at radius 2 is 1.93 bits per heavy atom. The van der Waals surface area contributed by atoms with Crippen LogP contribution in [-0.4, -0.2) is 73.5 Å². The monoisotopic (exact) mass is 439 g/mol. The normalized spacial score (nSPS) is 25.4. The van der Waals surface area contributed by atoms with E-state index in [4.69, 9.17) is 4.74 Å². The summed E-state index contributed by atoms with van der Waals surface area (Å²) in [5.74, 6) is 1.02. The number of carbonyl (C=O) groups is 1. The van der Waals surface area contributed by atoms with Gasteiger partial charge in [-0.3, -0.25) is 0 Å². The zero-order valence-corrected chi connectivity index (χ0v) is 18.8. The van der Waals surface area contributed by atoms with Gasteiger partial charge in [0.2, 0.25) is 16.0 Å². The first-order valence-electron chi connectivity index (χ1n) is 10.7. The van der Waals surface area contributed by atoms with E-state index < -0.39 is 10.0 Å². The van der Waals surface area contributed by atoms with Gasteiger partial charge < -0.3 is 14.5 Å². The lowest BCUT2D eigenvalue weighted by molar-refractivity contribution is 0.0392. The molecule has 9 nitrogen and oxygen atoms in total. The number of carbonyl (C=O) groups excluding carboxylic acids is 1. The highest BCUT2D eigenvalue weighted by Gasteiger charge is 2.39. The van der Waals surface area contributed by atoms with Crippen molar-refractivity contribution in [1.29, 1.82) is 0 Å². The van der Waals surface area contributed by atoms with Gasteiger partial charge >= 0.3 is 6.09 Å². The highest BCUT2D eigenvalue weighted by molar-refractivity contribution is 7.88. The Balaban J connectivity index is 1.76. The second kappa shape index (κ2) is 9.91. The van der Waals surface area contributed by atoms with Gasteiger partial charge in [0.1, 0.15) is 0 Å². The van der Waals surface area contributed by atoms with Gasteiger partial charge in [-0.1, -0.05) is 0 Å². The van der Waals surface area contributed by atoms with Crippen LogP contribution in [0.15, 0.2) is 18.5 Å². The van der Waals surface area contributed by atoms with Crippen LogP contribution in [0.3, 0.4) is 0 Å². The smallest absolute Gasteiger partial charge is 0.410 e. The summed E-state index contributed by atoms with van der Waals surface area (Å²) >= 11 is 0. The van der Waals surface area contributed by atoms with Crippen LogP contribution in [0, 0.1) is 5.92 Å². The van der Waals surface area contributed by atoms with Crippen molar-refractivity contribution in [1.82, 2.24) is 19.6 Å². The van der Waals surface area contributed by atoms with Crippen molar-refractivity contribution >= 4 is 22.1 Å².